The normalized spacial score (nSPS) is 19.7. The SMILES string of the molecule is COCC1=C(C(=O)OCOC(=O)OC)N2C(=O)C(NC(=O)/C(=N\OC)c3csc(N)n3)[C@H]2SC1. The number of amides is 2. The third kappa shape index (κ3) is 5.23. The number of rotatable bonds is 9. The minimum Gasteiger partial charge on any atom is -0.438 e. The first-order valence-corrected chi connectivity index (χ1v) is 11.4. The number of esters is 1. The predicted octanol–water partition coefficient (Wildman–Crippen LogP) is -0.340. The van der Waals surface area contributed by atoms with E-state index in [0.717, 1.165) is 18.4 Å². The van der Waals surface area contributed by atoms with Crippen molar-refractivity contribution in [1.82, 2.24) is 15.2 Å². The molecular formula is C18H21N5O9S2. The average molecular weight is 516 g/mol. The second kappa shape index (κ2) is 11.2. The molecule has 0 aliphatic carbocycles. The highest BCUT2D eigenvalue weighted by Gasteiger charge is 2.54. The van der Waals surface area contributed by atoms with Crippen molar-refractivity contribution < 1.29 is 43.0 Å². The number of thioether (sulfide) groups is 1. The predicted molar refractivity (Wildman–Crippen MR) is 118 cm³/mol. The van der Waals surface area contributed by atoms with Gasteiger partial charge in [-0.1, -0.05) is 5.16 Å². The number of oxime groups is 1. The van der Waals surface area contributed by atoms with Crippen LogP contribution in [0.4, 0.5) is 9.93 Å². The molecule has 0 bridgehead atoms. The molecule has 0 spiro atoms. The molecule has 0 aromatic carbocycles. The van der Waals surface area contributed by atoms with Crippen molar-refractivity contribution in [2.24, 2.45) is 5.16 Å². The van der Waals surface area contributed by atoms with Gasteiger partial charge in [-0.15, -0.1) is 23.1 Å². The van der Waals surface area contributed by atoms with Gasteiger partial charge in [0, 0.05) is 18.2 Å². The van der Waals surface area contributed by atoms with Crippen molar-refractivity contribution in [3.8, 4) is 0 Å². The number of thiazole rings is 1. The summed E-state index contributed by atoms with van der Waals surface area (Å²) in [6, 6.07) is -0.950. The Morgan fingerprint density at radius 3 is 2.68 bits per heavy atom. The highest BCUT2D eigenvalue weighted by Crippen LogP contribution is 2.40. The zero-order valence-corrected chi connectivity index (χ0v) is 19.9. The van der Waals surface area contributed by atoms with Gasteiger partial charge in [0.05, 0.1) is 13.7 Å². The first-order chi connectivity index (χ1) is 16.3. The number of carbonyl (C=O) groups is 4. The molecule has 2 amide bonds. The lowest BCUT2D eigenvalue weighted by molar-refractivity contribution is -0.157. The number of nitrogens with one attached hydrogen (secondary N) is 1. The van der Waals surface area contributed by atoms with Gasteiger partial charge in [0.15, 0.2) is 10.8 Å². The van der Waals surface area contributed by atoms with E-state index in [2.05, 4.69) is 24.9 Å². The lowest BCUT2D eigenvalue weighted by Crippen LogP contribution is -2.71. The van der Waals surface area contributed by atoms with E-state index in [-0.39, 0.29) is 28.8 Å². The molecule has 3 heterocycles. The zero-order valence-electron chi connectivity index (χ0n) is 18.3. The van der Waals surface area contributed by atoms with Crippen molar-refractivity contribution in [3.63, 3.8) is 0 Å². The Morgan fingerprint density at radius 1 is 1.29 bits per heavy atom. The summed E-state index contributed by atoms with van der Waals surface area (Å²) in [4.78, 5) is 59.5. The van der Waals surface area contributed by atoms with E-state index in [1.165, 1.54) is 36.3 Å². The second-order valence-corrected chi connectivity index (χ2v) is 8.58. The van der Waals surface area contributed by atoms with Gasteiger partial charge < -0.3 is 34.8 Å². The van der Waals surface area contributed by atoms with Crippen molar-refractivity contribution in [2.75, 3.05) is 46.2 Å². The summed E-state index contributed by atoms with van der Waals surface area (Å²) in [7, 11) is 3.81. The van der Waals surface area contributed by atoms with Gasteiger partial charge in [-0.2, -0.15) is 0 Å². The summed E-state index contributed by atoms with van der Waals surface area (Å²) >= 11 is 2.44. The van der Waals surface area contributed by atoms with Gasteiger partial charge in [-0.3, -0.25) is 14.5 Å². The van der Waals surface area contributed by atoms with Crippen molar-refractivity contribution in [1.29, 1.82) is 0 Å². The van der Waals surface area contributed by atoms with E-state index in [0.29, 0.717) is 11.3 Å². The molecule has 3 N–H and O–H groups in total. The summed E-state index contributed by atoms with van der Waals surface area (Å²) in [6.07, 6.45) is -1.03. The number of nitrogens with zero attached hydrogens (tertiary/aromatic N) is 3. The minimum atomic E-state index is -1.03. The van der Waals surface area contributed by atoms with Crippen LogP contribution in [-0.4, -0.2) is 91.4 Å². The van der Waals surface area contributed by atoms with Crippen LogP contribution in [0.1, 0.15) is 5.69 Å². The molecule has 1 unspecified atom stereocenters. The maximum absolute atomic E-state index is 13.0. The summed E-state index contributed by atoms with van der Waals surface area (Å²) in [5.74, 6) is -1.81. The van der Waals surface area contributed by atoms with Crippen LogP contribution in [0.3, 0.4) is 0 Å². The van der Waals surface area contributed by atoms with E-state index in [1.807, 2.05) is 0 Å². The molecule has 184 valence electrons. The Hall–Kier alpha value is -3.37. The molecular weight excluding hydrogens is 494 g/mol. The molecule has 2 aliphatic rings. The minimum absolute atomic E-state index is 0.0346. The van der Waals surface area contributed by atoms with Gasteiger partial charge >= 0.3 is 12.1 Å². The molecule has 14 nitrogen and oxygen atoms in total. The number of carbonyl (C=O) groups excluding carboxylic acids is 4. The van der Waals surface area contributed by atoms with E-state index in [1.54, 1.807) is 0 Å². The van der Waals surface area contributed by atoms with Crippen LogP contribution < -0.4 is 11.1 Å². The van der Waals surface area contributed by atoms with Crippen LogP contribution in [0.2, 0.25) is 0 Å². The summed E-state index contributed by atoms with van der Waals surface area (Å²) < 4.78 is 18.9. The Balaban J connectivity index is 1.74. The Labute approximate surface area is 201 Å². The zero-order chi connectivity index (χ0) is 24.8. The monoisotopic (exact) mass is 515 g/mol. The summed E-state index contributed by atoms with van der Waals surface area (Å²) in [6.45, 7) is -0.637. The Bertz CT molecular complexity index is 1040. The number of hydrogen-bond donors (Lipinski definition) is 2. The number of aromatic nitrogens is 1. The van der Waals surface area contributed by atoms with Crippen molar-refractivity contribution in [3.05, 3.63) is 22.3 Å². The first-order valence-electron chi connectivity index (χ1n) is 9.49. The molecule has 1 aromatic rings. The van der Waals surface area contributed by atoms with Gasteiger partial charge in [0.2, 0.25) is 6.79 Å². The van der Waals surface area contributed by atoms with Crippen LogP contribution in [-0.2, 0) is 38.2 Å². The molecule has 2 aliphatic heterocycles. The third-order valence-electron chi connectivity index (χ3n) is 4.54. The van der Waals surface area contributed by atoms with Crippen LogP contribution in [0.15, 0.2) is 21.8 Å². The quantitative estimate of drug-likeness (QED) is 0.144. The first kappa shape index (κ1) is 25.3. The number of ether oxygens (including phenoxy) is 4. The Kier molecular flexibility index (Phi) is 8.30. The smallest absolute Gasteiger partial charge is 0.438 e. The number of hydrogen-bond acceptors (Lipinski definition) is 14. The third-order valence-corrected chi connectivity index (χ3v) is 6.55. The topological polar surface area (TPSA) is 181 Å². The maximum Gasteiger partial charge on any atom is 0.510 e. The molecule has 2 atom stereocenters. The van der Waals surface area contributed by atoms with Crippen LogP contribution in [0, 0.1) is 0 Å². The highest BCUT2D eigenvalue weighted by molar-refractivity contribution is 8.00. The van der Waals surface area contributed by atoms with Crippen LogP contribution in [0.5, 0.6) is 0 Å². The standard InChI is InChI=1S/C18H21N5O9S2/c1-28-4-8-5-33-15-11(21-13(24)10(22-30-3)9-6-34-17(19)20-9)14(25)23(15)12(8)16(26)31-7-32-18(27)29-2/h6,11,15H,4-5,7H2,1-3H3,(H2,19,20)(H,21,24)/b22-10-/t11?,15-/m1/s1. The number of nitrogens with two attached hydrogens (primary N) is 1. The number of β-lactam (4-membered cyclic amide) rings is 1. The lowest BCUT2D eigenvalue weighted by atomic mass is 10.0. The van der Waals surface area contributed by atoms with E-state index >= 15 is 0 Å². The number of nitrogen functional groups attached to an aromatic ring is 1. The molecule has 0 radical (unpaired) electrons. The fraction of sp³-hybridized carbons (Fsp3) is 0.444. The van der Waals surface area contributed by atoms with Crippen LogP contribution >= 0.6 is 23.1 Å². The molecule has 34 heavy (non-hydrogen) atoms. The molecule has 1 fully saturated rings. The van der Waals surface area contributed by atoms with Gasteiger partial charge in [-0.05, 0) is 5.57 Å². The fourth-order valence-corrected chi connectivity index (χ4v) is 4.99. The van der Waals surface area contributed by atoms with E-state index in [9.17, 15) is 19.2 Å². The molecule has 1 aromatic heterocycles. The average Bonchev–Trinajstić information content (AvgIpc) is 3.26. The van der Waals surface area contributed by atoms with Gasteiger partial charge in [-0.25, -0.2) is 14.6 Å². The van der Waals surface area contributed by atoms with Crippen LogP contribution in [0.25, 0.3) is 0 Å². The lowest BCUT2D eigenvalue weighted by Gasteiger charge is -2.49. The fourth-order valence-electron chi connectivity index (χ4n) is 3.12. The molecule has 16 heteroatoms. The highest BCUT2D eigenvalue weighted by atomic mass is 32.2. The van der Waals surface area contributed by atoms with E-state index < -0.39 is 42.1 Å². The number of methoxy groups -OCH3 is 2. The van der Waals surface area contributed by atoms with E-state index in [4.69, 9.17) is 20.0 Å². The van der Waals surface area contributed by atoms with Crippen molar-refractivity contribution >= 4 is 57.9 Å². The second-order valence-electron chi connectivity index (χ2n) is 6.59. The number of anilines is 1. The summed E-state index contributed by atoms with van der Waals surface area (Å²) in [5, 5.41) is 7.46. The largest absolute Gasteiger partial charge is 0.510 e. The maximum atomic E-state index is 13.0. The van der Waals surface area contributed by atoms with Gasteiger partial charge in [0.1, 0.15) is 29.9 Å². The van der Waals surface area contributed by atoms with Crippen molar-refractivity contribution in [2.45, 2.75) is 11.4 Å². The molecule has 1 saturated heterocycles. The number of fused-ring (bicyclic) bond motifs is 1. The Morgan fingerprint density at radius 2 is 2.06 bits per heavy atom. The molecule has 3 rings (SSSR count). The van der Waals surface area contributed by atoms with Gasteiger partial charge in [0.25, 0.3) is 11.8 Å². The molecule has 0 saturated carbocycles. The summed E-state index contributed by atoms with van der Waals surface area (Å²) in [5.41, 5.74) is 6.13.